The van der Waals surface area contributed by atoms with E-state index in [0.29, 0.717) is 13.2 Å². The van der Waals surface area contributed by atoms with Gasteiger partial charge >= 0.3 is 0 Å². The average molecular weight is 345 g/mol. The maximum absolute atomic E-state index is 11.0. The molecule has 2 heterocycles. The van der Waals surface area contributed by atoms with Crippen LogP contribution < -0.4 is 4.74 Å². The van der Waals surface area contributed by atoms with Crippen LogP contribution in [-0.2, 0) is 17.8 Å². The molecular formula is C19H27N3O3. The molecule has 136 valence electrons. The first kappa shape index (κ1) is 17.9. The standard InChI is InChI=1S/C19H27N3O3/c1-3-22-12-17(10-20-22)11-21-8-9-24-14-19(23,13-21)15-25-18-7-5-4-6-16(18)2/h4-7,10,12,23H,3,8-9,11,13-15H2,1-2H3. The topological polar surface area (TPSA) is 59.8 Å². The summed E-state index contributed by atoms with van der Waals surface area (Å²) in [4.78, 5) is 2.20. The minimum atomic E-state index is -1.03. The second-order valence-corrected chi connectivity index (χ2v) is 6.75. The molecule has 1 fully saturated rings. The molecule has 1 atom stereocenters. The van der Waals surface area contributed by atoms with Crippen LogP contribution >= 0.6 is 0 Å². The van der Waals surface area contributed by atoms with Crippen molar-refractivity contribution in [2.75, 3.05) is 32.9 Å². The van der Waals surface area contributed by atoms with Gasteiger partial charge in [0.15, 0.2) is 0 Å². The van der Waals surface area contributed by atoms with E-state index < -0.39 is 5.60 Å². The molecule has 1 N–H and O–H groups in total. The first-order chi connectivity index (χ1) is 12.1. The maximum atomic E-state index is 11.0. The van der Waals surface area contributed by atoms with Crippen LogP contribution in [0, 0.1) is 6.92 Å². The fourth-order valence-electron chi connectivity index (χ4n) is 3.07. The van der Waals surface area contributed by atoms with E-state index in [4.69, 9.17) is 9.47 Å². The Morgan fingerprint density at radius 1 is 1.36 bits per heavy atom. The highest BCUT2D eigenvalue weighted by atomic mass is 16.5. The zero-order chi connectivity index (χ0) is 17.7. The number of hydrogen-bond donors (Lipinski definition) is 1. The Kier molecular flexibility index (Phi) is 5.73. The van der Waals surface area contributed by atoms with E-state index in [-0.39, 0.29) is 13.2 Å². The van der Waals surface area contributed by atoms with Crippen LogP contribution in [0.5, 0.6) is 5.75 Å². The molecule has 2 aromatic rings. The minimum Gasteiger partial charge on any atom is -0.490 e. The molecule has 1 aromatic carbocycles. The quantitative estimate of drug-likeness (QED) is 0.866. The molecule has 1 aliphatic heterocycles. The highest BCUT2D eigenvalue weighted by Crippen LogP contribution is 2.20. The highest BCUT2D eigenvalue weighted by Gasteiger charge is 2.33. The van der Waals surface area contributed by atoms with Gasteiger partial charge in [0.25, 0.3) is 0 Å². The van der Waals surface area contributed by atoms with Crippen LogP contribution in [0.4, 0.5) is 0 Å². The molecule has 0 spiro atoms. The molecule has 0 saturated carbocycles. The van der Waals surface area contributed by atoms with E-state index in [1.807, 2.05) is 42.1 Å². The van der Waals surface area contributed by atoms with Crippen molar-refractivity contribution in [1.29, 1.82) is 0 Å². The Morgan fingerprint density at radius 2 is 2.20 bits per heavy atom. The number of hydrogen-bond acceptors (Lipinski definition) is 5. The molecule has 0 radical (unpaired) electrons. The van der Waals surface area contributed by atoms with E-state index >= 15 is 0 Å². The minimum absolute atomic E-state index is 0.211. The number of rotatable bonds is 6. The van der Waals surface area contributed by atoms with Gasteiger partial charge < -0.3 is 14.6 Å². The molecule has 0 aliphatic carbocycles. The van der Waals surface area contributed by atoms with Crippen molar-refractivity contribution in [2.24, 2.45) is 0 Å². The SMILES string of the molecule is CCn1cc(CN2CCOCC(O)(COc3ccccc3C)C2)cn1. The van der Waals surface area contributed by atoms with Crippen molar-refractivity contribution in [3.05, 3.63) is 47.8 Å². The summed E-state index contributed by atoms with van der Waals surface area (Å²) in [7, 11) is 0. The smallest absolute Gasteiger partial charge is 0.134 e. The molecule has 1 saturated heterocycles. The number of aliphatic hydroxyl groups is 1. The predicted octanol–water partition coefficient (Wildman–Crippen LogP) is 1.85. The largest absolute Gasteiger partial charge is 0.490 e. The van der Waals surface area contributed by atoms with Crippen molar-refractivity contribution in [1.82, 2.24) is 14.7 Å². The number of aryl methyl sites for hydroxylation is 2. The van der Waals surface area contributed by atoms with Crippen LogP contribution in [0.2, 0.25) is 0 Å². The highest BCUT2D eigenvalue weighted by molar-refractivity contribution is 5.31. The van der Waals surface area contributed by atoms with Gasteiger partial charge in [-0.1, -0.05) is 18.2 Å². The van der Waals surface area contributed by atoms with Gasteiger partial charge in [-0.15, -0.1) is 0 Å². The maximum Gasteiger partial charge on any atom is 0.134 e. The fraction of sp³-hybridized carbons (Fsp3) is 0.526. The van der Waals surface area contributed by atoms with Gasteiger partial charge in [0.1, 0.15) is 18.0 Å². The first-order valence-corrected chi connectivity index (χ1v) is 8.80. The lowest BCUT2D eigenvalue weighted by atomic mass is 10.1. The monoisotopic (exact) mass is 345 g/mol. The van der Waals surface area contributed by atoms with Crippen molar-refractivity contribution in [2.45, 2.75) is 32.5 Å². The van der Waals surface area contributed by atoms with Crippen LogP contribution in [0.25, 0.3) is 0 Å². The first-order valence-electron chi connectivity index (χ1n) is 8.80. The molecular weight excluding hydrogens is 318 g/mol. The number of ether oxygens (including phenoxy) is 2. The summed E-state index contributed by atoms with van der Waals surface area (Å²) in [6.45, 7) is 8.06. The Balaban J connectivity index is 1.62. The summed E-state index contributed by atoms with van der Waals surface area (Å²) in [6, 6.07) is 7.84. The van der Waals surface area contributed by atoms with Gasteiger partial charge in [0.2, 0.25) is 0 Å². The molecule has 0 bridgehead atoms. The molecule has 1 unspecified atom stereocenters. The summed E-state index contributed by atoms with van der Waals surface area (Å²) < 4.78 is 13.4. The van der Waals surface area contributed by atoms with E-state index in [1.165, 1.54) is 0 Å². The third-order valence-corrected chi connectivity index (χ3v) is 4.45. The average Bonchev–Trinajstić information content (AvgIpc) is 2.97. The van der Waals surface area contributed by atoms with E-state index in [0.717, 1.165) is 36.5 Å². The summed E-state index contributed by atoms with van der Waals surface area (Å²) >= 11 is 0. The van der Waals surface area contributed by atoms with Gasteiger partial charge in [-0.25, -0.2) is 0 Å². The molecule has 1 aromatic heterocycles. The Labute approximate surface area is 149 Å². The van der Waals surface area contributed by atoms with Gasteiger partial charge in [0.05, 0.1) is 19.4 Å². The van der Waals surface area contributed by atoms with Crippen molar-refractivity contribution in [3.8, 4) is 5.75 Å². The second-order valence-electron chi connectivity index (χ2n) is 6.75. The van der Waals surface area contributed by atoms with Gasteiger partial charge in [0, 0.05) is 37.9 Å². The predicted molar refractivity (Wildman–Crippen MR) is 95.6 cm³/mol. The van der Waals surface area contributed by atoms with Crippen molar-refractivity contribution in [3.63, 3.8) is 0 Å². The summed E-state index contributed by atoms with van der Waals surface area (Å²) in [5.41, 5.74) is 1.18. The third kappa shape index (κ3) is 4.81. The summed E-state index contributed by atoms with van der Waals surface area (Å²) in [5.74, 6) is 0.802. The number of β-amino-alcohol motifs (C(OH)–C–C–N with tert-alkyl or cyclic N) is 1. The molecule has 6 nitrogen and oxygen atoms in total. The van der Waals surface area contributed by atoms with E-state index in [2.05, 4.69) is 23.1 Å². The number of benzene rings is 1. The van der Waals surface area contributed by atoms with Gasteiger partial charge in [-0.3, -0.25) is 9.58 Å². The third-order valence-electron chi connectivity index (χ3n) is 4.45. The van der Waals surface area contributed by atoms with Crippen LogP contribution in [0.3, 0.4) is 0 Å². The Hall–Kier alpha value is -1.89. The van der Waals surface area contributed by atoms with Crippen LogP contribution in [0.1, 0.15) is 18.1 Å². The lowest BCUT2D eigenvalue weighted by Crippen LogP contribution is -2.48. The Morgan fingerprint density at radius 3 is 2.96 bits per heavy atom. The number of aromatic nitrogens is 2. The summed E-state index contributed by atoms with van der Waals surface area (Å²) in [5, 5.41) is 15.3. The fourth-order valence-corrected chi connectivity index (χ4v) is 3.07. The molecule has 6 heteroatoms. The zero-order valence-electron chi connectivity index (χ0n) is 15.0. The van der Waals surface area contributed by atoms with Crippen molar-refractivity contribution < 1.29 is 14.6 Å². The lowest BCUT2D eigenvalue weighted by Gasteiger charge is -2.30. The van der Waals surface area contributed by atoms with Gasteiger partial charge in [-0.05, 0) is 25.5 Å². The zero-order valence-corrected chi connectivity index (χ0v) is 15.0. The second kappa shape index (κ2) is 7.99. The van der Waals surface area contributed by atoms with E-state index in [9.17, 15) is 5.11 Å². The lowest BCUT2D eigenvalue weighted by molar-refractivity contribution is -0.0647. The number of nitrogens with zero attached hydrogens (tertiary/aromatic N) is 3. The molecule has 25 heavy (non-hydrogen) atoms. The van der Waals surface area contributed by atoms with Crippen LogP contribution in [0.15, 0.2) is 36.7 Å². The Bertz CT molecular complexity index is 688. The number of para-hydroxylation sites is 1. The van der Waals surface area contributed by atoms with Crippen molar-refractivity contribution >= 4 is 0 Å². The van der Waals surface area contributed by atoms with E-state index in [1.54, 1.807) is 0 Å². The molecule has 0 amide bonds. The van der Waals surface area contributed by atoms with Crippen LogP contribution in [-0.4, -0.2) is 58.3 Å². The normalized spacial score (nSPS) is 21.9. The molecule has 1 aliphatic rings. The van der Waals surface area contributed by atoms with Gasteiger partial charge in [-0.2, -0.15) is 5.10 Å². The molecule has 3 rings (SSSR count). The summed E-state index contributed by atoms with van der Waals surface area (Å²) in [6.07, 6.45) is 3.94.